The monoisotopic (exact) mass is 278 g/mol. The van der Waals surface area contributed by atoms with Crippen molar-refractivity contribution in [2.75, 3.05) is 45.4 Å². The molecule has 0 aromatic heterocycles. The first kappa shape index (κ1) is 15.4. The van der Waals surface area contributed by atoms with E-state index in [9.17, 15) is 13.2 Å². The molecule has 1 rings (SSSR count). The summed E-state index contributed by atoms with van der Waals surface area (Å²) in [6.45, 7) is 1.55. The largest absolute Gasteiger partial charge is 0.381 e. The van der Waals surface area contributed by atoms with Gasteiger partial charge in [0.05, 0.1) is 11.2 Å². The summed E-state index contributed by atoms with van der Waals surface area (Å²) < 4.78 is 27.5. The van der Waals surface area contributed by atoms with Gasteiger partial charge in [-0.3, -0.25) is 4.79 Å². The van der Waals surface area contributed by atoms with Crippen molar-refractivity contribution in [3.05, 3.63) is 0 Å². The van der Waals surface area contributed by atoms with E-state index < -0.39 is 15.3 Å². The van der Waals surface area contributed by atoms with Gasteiger partial charge in [-0.05, 0) is 12.8 Å². The lowest BCUT2D eigenvalue weighted by atomic mass is 9.79. The predicted octanol–water partition coefficient (Wildman–Crippen LogP) is -0.755. The van der Waals surface area contributed by atoms with Gasteiger partial charge in [0.1, 0.15) is 9.84 Å². The Morgan fingerprint density at radius 1 is 1.39 bits per heavy atom. The van der Waals surface area contributed by atoms with Gasteiger partial charge in [0, 0.05) is 39.6 Å². The average molecular weight is 278 g/mol. The maximum atomic E-state index is 12.4. The van der Waals surface area contributed by atoms with Crippen LogP contribution in [0.1, 0.15) is 12.8 Å². The molecule has 0 saturated carbocycles. The van der Waals surface area contributed by atoms with Crippen molar-refractivity contribution in [3.63, 3.8) is 0 Å². The molecule has 1 aliphatic rings. The summed E-state index contributed by atoms with van der Waals surface area (Å²) in [5, 5.41) is 0. The van der Waals surface area contributed by atoms with Crippen molar-refractivity contribution < 1.29 is 17.9 Å². The maximum absolute atomic E-state index is 12.4. The minimum absolute atomic E-state index is 0.0214. The summed E-state index contributed by atoms with van der Waals surface area (Å²) >= 11 is 0. The van der Waals surface area contributed by atoms with Crippen molar-refractivity contribution >= 4 is 15.7 Å². The molecule has 7 heteroatoms. The summed E-state index contributed by atoms with van der Waals surface area (Å²) in [5.41, 5.74) is 5.16. The first-order chi connectivity index (χ1) is 8.31. The van der Waals surface area contributed by atoms with E-state index in [0.717, 1.165) is 0 Å². The Hall–Kier alpha value is -0.660. The Labute approximate surface area is 108 Å². The molecule has 18 heavy (non-hydrogen) atoms. The normalized spacial score (nSPS) is 19.5. The molecule has 0 spiro atoms. The minimum Gasteiger partial charge on any atom is -0.381 e. The molecule has 0 atom stereocenters. The molecule has 0 aromatic carbocycles. The highest BCUT2D eigenvalue weighted by Gasteiger charge is 2.40. The highest BCUT2D eigenvalue weighted by molar-refractivity contribution is 7.90. The van der Waals surface area contributed by atoms with Crippen LogP contribution in [0, 0.1) is 5.41 Å². The van der Waals surface area contributed by atoms with Crippen molar-refractivity contribution in [1.29, 1.82) is 0 Å². The van der Waals surface area contributed by atoms with E-state index in [0.29, 0.717) is 26.1 Å². The fourth-order valence-electron chi connectivity index (χ4n) is 2.08. The molecule has 2 N–H and O–H groups in total. The van der Waals surface area contributed by atoms with Gasteiger partial charge in [0.2, 0.25) is 5.91 Å². The van der Waals surface area contributed by atoms with Crippen LogP contribution < -0.4 is 5.73 Å². The van der Waals surface area contributed by atoms with E-state index in [4.69, 9.17) is 10.5 Å². The third kappa shape index (κ3) is 3.93. The van der Waals surface area contributed by atoms with E-state index in [1.807, 2.05) is 0 Å². The number of nitrogens with two attached hydrogens (primary N) is 1. The Bertz CT molecular complexity index is 388. The van der Waals surface area contributed by atoms with Gasteiger partial charge in [0.25, 0.3) is 0 Å². The Balaban J connectivity index is 2.66. The molecule has 1 amide bonds. The van der Waals surface area contributed by atoms with E-state index in [2.05, 4.69) is 0 Å². The number of sulfone groups is 1. The molecular weight excluding hydrogens is 256 g/mol. The molecule has 106 valence electrons. The lowest BCUT2D eigenvalue weighted by Crippen LogP contribution is -2.50. The fourth-order valence-corrected chi connectivity index (χ4v) is 2.68. The highest BCUT2D eigenvalue weighted by Crippen LogP contribution is 2.31. The summed E-state index contributed by atoms with van der Waals surface area (Å²) in [4.78, 5) is 13.8. The molecule has 0 radical (unpaired) electrons. The number of carbonyl (C=O) groups excluding carboxylic acids is 1. The first-order valence-electron chi connectivity index (χ1n) is 6.02. The van der Waals surface area contributed by atoms with Crippen LogP contribution in [0.2, 0.25) is 0 Å². The Morgan fingerprint density at radius 3 is 2.39 bits per heavy atom. The molecule has 0 unspecified atom stereocenters. The second kappa shape index (κ2) is 5.99. The molecular formula is C11H22N2O4S. The zero-order chi connectivity index (χ0) is 13.8. The van der Waals surface area contributed by atoms with Crippen molar-refractivity contribution in [2.24, 2.45) is 11.1 Å². The summed E-state index contributed by atoms with van der Waals surface area (Å²) in [7, 11) is -1.43. The quantitative estimate of drug-likeness (QED) is 0.714. The number of carbonyl (C=O) groups is 1. The SMILES string of the molecule is CN(CCS(C)(=O)=O)C(=O)C1(CN)CCOCC1. The number of ether oxygens (including phenoxy) is 1. The zero-order valence-corrected chi connectivity index (χ0v) is 11.8. The number of hydrogen-bond acceptors (Lipinski definition) is 5. The summed E-state index contributed by atoms with van der Waals surface area (Å²) in [6, 6.07) is 0. The predicted molar refractivity (Wildman–Crippen MR) is 68.9 cm³/mol. The average Bonchev–Trinajstić information content (AvgIpc) is 2.35. The van der Waals surface area contributed by atoms with Gasteiger partial charge < -0.3 is 15.4 Å². The molecule has 6 nitrogen and oxygen atoms in total. The lowest BCUT2D eigenvalue weighted by molar-refractivity contribution is -0.145. The zero-order valence-electron chi connectivity index (χ0n) is 11.0. The molecule has 1 fully saturated rings. The van der Waals surface area contributed by atoms with Crippen LogP contribution in [0.15, 0.2) is 0 Å². The van der Waals surface area contributed by atoms with Gasteiger partial charge in [-0.1, -0.05) is 0 Å². The molecule has 0 aliphatic carbocycles. The van der Waals surface area contributed by atoms with Crippen LogP contribution in [0.25, 0.3) is 0 Å². The Morgan fingerprint density at radius 2 is 1.94 bits per heavy atom. The van der Waals surface area contributed by atoms with Crippen molar-refractivity contribution in [2.45, 2.75) is 12.8 Å². The third-order valence-electron chi connectivity index (χ3n) is 3.44. The second-order valence-corrected chi connectivity index (χ2v) is 7.21. The number of amides is 1. The first-order valence-corrected chi connectivity index (χ1v) is 8.08. The topological polar surface area (TPSA) is 89.7 Å². The fraction of sp³-hybridized carbons (Fsp3) is 0.909. The van der Waals surface area contributed by atoms with E-state index >= 15 is 0 Å². The van der Waals surface area contributed by atoms with E-state index in [1.165, 1.54) is 11.2 Å². The molecule has 1 heterocycles. The van der Waals surface area contributed by atoms with Crippen LogP contribution in [-0.2, 0) is 19.4 Å². The van der Waals surface area contributed by atoms with Gasteiger partial charge in [-0.25, -0.2) is 8.42 Å². The van der Waals surface area contributed by atoms with Crippen molar-refractivity contribution in [1.82, 2.24) is 4.90 Å². The van der Waals surface area contributed by atoms with E-state index in [1.54, 1.807) is 7.05 Å². The number of hydrogen-bond donors (Lipinski definition) is 1. The number of rotatable bonds is 5. The van der Waals surface area contributed by atoms with Gasteiger partial charge >= 0.3 is 0 Å². The maximum Gasteiger partial charge on any atom is 0.230 e. The van der Waals surface area contributed by atoms with Crippen LogP contribution in [0.4, 0.5) is 0 Å². The molecule has 1 aliphatic heterocycles. The highest BCUT2D eigenvalue weighted by atomic mass is 32.2. The third-order valence-corrected chi connectivity index (χ3v) is 4.36. The van der Waals surface area contributed by atoms with Gasteiger partial charge in [-0.15, -0.1) is 0 Å². The lowest BCUT2D eigenvalue weighted by Gasteiger charge is -2.37. The van der Waals surface area contributed by atoms with Crippen LogP contribution in [0.3, 0.4) is 0 Å². The van der Waals surface area contributed by atoms with Crippen LogP contribution in [-0.4, -0.2) is 64.6 Å². The second-order valence-electron chi connectivity index (χ2n) is 4.95. The van der Waals surface area contributed by atoms with Crippen LogP contribution >= 0.6 is 0 Å². The molecule has 0 bridgehead atoms. The van der Waals surface area contributed by atoms with E-state index in [-0.39, 0.29) is 24.7 Å². The minimum atomic E-state index is -3.06. The Kier molecular flexibility index (Phi) is 5.12. The smallest absolute Gasteiger partial charge is 0.230 e. The van der Waals surface area contributed by atoms with Gasteiger partial charge in [-0.2, -0.15) is 0 Å². The summed E-state index contributed by atoms with van der Waals surface area (Å²) in [6.07, 6.45) is 2.37. The number of nitrogens with zero attached hydrogens (tertiary/aromatic N) is 1. The van der Waals surface area contributed by atoms with Crippen molar-refractivity contribution in [3.8, 4) is 0 Å². The van der Waals surface area contributed by atoms with Crippen LogP contribution in [0.5, 0.6) is 0 Å². The molecule has 0 aromatic rings. The standard InChI is InChI=1S/C11H22N2O4S/c1-13(5-8-18(2,15)16)10(14)11(9-12)3-6-17-7-4-11/h3-9,12H2,1-2H3. The summed E-state index contributed by atoms with van der Waals surface area (Å²) in [5.74, 6) is -0.0937. The van der Waals surface area contributed by atoms with Gasteiger partial charge in [0.15, 0.2) is 0 Å². The molecule has 1 saturated heterocycles.